The van der Waals surface area contributed by atoms with Gasteiger partial charge in [-0.05, 0) is 25.1 Å². The van der Waals surface area contributed by atoms with E-state index in [9.17, 15) is 31.1 Å². The minimum atomic E-state index is -4.49. The van der Waals surface area contributed by atoms with Crippen LogP contribution in [0.2, 0.25) is 0 Å². The van der Waals surface area contributed by atoms with Crippen molar-refractivity contribution < 1.29 is 31.1 Å². The molecule has 1 aliphatic carbocycles. The van der Waals surface area contributed by atoms with E-state index in [-0.39, 0.29) is 23.4 Å². The van der Waals surface area contributed by atoms with E-state index in [4.69, 9.17) is 11.5 Å². The Bertz CT molecular complexity index is 1110. The van der Waals surface area contributed by atoms with Crippen molar-refractivity contribution in [3.63, 3.8) is 0 Å². The Labute approximate surface area is 198 Å². The molecule has 192 valence electrons. The largest absolute Gasteiger partial charge is 0.435 e. The number of aromatic nitrogens is 3. The Morgan fingerprint density at radius 2 is 1.43 bits per heavy atom. The number of aryl methyl sites for hydroxylation is 1. The third-order valence-corrected chi connectivity index (χ3v) is 5.12. The Kier molecular flexibility index (Phi) is 9.49. The first-order valence-corrected chi connectivity index (χ1v) is 10.9. The Balaban J connectivity index is 0.000000201. The quantitative estimate of drug-likeness (QED) is 0.427. The van der Waals surface area contributed by atoms with Crippen LogP contribution in [0.3, 0.4) is 0 Å². The number of anilines is 1. The number of nitrogens with zero attached hydrogens (tertiary/aromatic N) is 3. The van der Waals surface area contributed by atoms with E-state index in [1.54, 1.807) is 18.2 Å². The highest BCUT2D eigenvalue weighted by atomic mass is 19.4. The van der Waals surface area contributed by atoms with Gasteiger partial charge in [0, 0.05) is 16.8 Å². The van der Waals surface area contributed by atoms with E-state index in [1.165, 1.54) is 51.5 Å². The number of primary amides is 1. The van der Waals surface area contributed by atoms with Crippen LogP contribution in [0, 0.1) is 6.92 Å². The zero-order chi connectivity index (χ0) is 26.2. The molecule has 3 aromatic rings. The van der Waals surface area contributed by atoms with Crippen LogP contribution >= 0.6 is 0 Å². The number of carbonyl (C=O) groups is 1. The van der Waals surface area contributed by atoms with Crippen molar-refractivity contribution in [3.8, 4) is 0 Å². The lowest BCUT2D eigenvalue weighted by Crippen LogP contribution is -2.20. The molecule has 1 fully saturated rings. The fraction of sp³-hybridized carbons (Fsp3) is 0.435. The highest BCUT2D eigenvalue weighted by molar-refractivity contribution is 5.90. The zero-order valence-electron chi connectivity index (χ0n) is 19.1. The average molecular weight is 503 g/mol. The van der Waals surface area contributed by atoms with Crippen LogP contribution in [0.1, 0.15) is 55.6 Å². The third kappa shape index (κ3) is 8.76. The fourth-order valence-electron chi connectivity index (χ4n) is 3.36. The third-order valence-electron chi connectivity index (χ3n) is 5.12. The number of halogens is 6. The molecule has 4 rings (SSSR count). The van der Waals surface area contributed by atoms with Crippen molar-refractivity contribution in [2.24, 2.45) is 5.73 Å². The van der Waals surface area contributed by atoms with Gasteiger partial charge in [-0.25, -0.2) is 4.98 Å². The monoisotopic (exact) mass is 503 g/mol. The fourth-order valence-corrected chi connectivity index (χ4v) is 3.36. The Hall–Kier alpha value is -3.31. The average Bonchev–Trinajstić information content (AvgIpc) is 3.15. The zero-order valence-corrected chi connectivity index (χ0v) is 19.1. The molecule has 1 aliphatic rings. The van der Waals surface area contributed by atoms with Gasteiger partial charge in [0.2, 0.25) is 5.91 Å². The Morgan fingerprint density at radius 1 is 0.914 bits per heavy atom. The summed E-state index contributed by atoms with van der Waals surface area (Å²) >= 11 is 0. The second-order valence-electron chi connectivity index (χ2n) is 8.03. The molecule has 0 atom stereocenters. The van der Waals surface area contributed by atoms with Crippen LogP contribution in [0.15, 0.2) is 36.4 Å². The lowest BCUT2D eigenvalue weighted by Gasteiger charge is -2.08. The van der Waals surface area contributed by atoms with E-state index in [0.29, 0.717) is 5.39 Å². The second kappa shape index (κ2) is 11.9. The molecule has 1 amide bonds. The molecule has 6 nitrogen and oxygen atoms in total. The van der Waals surface area contributed by atoms with Gasteiger partial charge in [-0.3, -0.25) is 9.48 Å². The van der Waals surface area contributed by atoms with Crippen LogP contribution in [0.4, 0.5) is 32.0 Å². The number of fused-ring (bicyclic) bond motifs is 1. The number of rotatable bonds is 2. The van der Waals surface area contributed by atoms with Gasteiger partial charge in [-0.2, -0.15) is 31.4 Å². The molecular formula is C23H27F6N5O. The van der Waals surface area contributed by atoms with Crippen LogP contribution < -0.4 is 11.5 Å². The summed E-state index contributed by atoms with van der Waals surface area (Å²) in [5.41, 5.74) is 8.96. The minimum Gasteiger partial charge on any atom is -0.398 e. The molecule has 1 aromatic carbocycles. The lowest BCUT2D eigenvalue weighted by atomic mass is 10.0. The number of hydrogen-bond donors (Lipinski definition) is 2. The molecule has 2 aromatic heterocycles. The number of hydrogen-bond acceptors (Lipinski definition) is 4. The van der Waals surface area contributed by atoms with Crippen molar-refractivity contribution in [2.75, 3.05) is 5.73 Å². The highest BCUT2D eigenvalue weighted by Crippen LogP contribution is 2.31. The lowest BCUT2D eigenvalue weighted by molar-refractivity contribution is -0.142. The van der Waals surface area contributed by atoms with Crippen molar-refractivity contribution in [2.45, 2.75) is 64.3 Å². The van der Waals surface area contributed by atoms with Gasteiger partial charge in [0.15, 0.2) is 5.69 Å². The summed E-state index contributed by atoms with van der Waals surface area (Å²) in [6.07, 6.45) is 0.0474. The number of amides is 1. The molecular weight excluding hydrogens is 476 g/mol. The maximum atomic E-state index is 12.4. The van der Waals surface area contributed by atoms with Crippen molar-refractivity contribution in [1.29, 1.82) is 0 Å². The summed E-state index contributed by atoms with van der Waals surface area (Å²) in [5.74, 6) is -0.732. The number of nitrogen functional groups attached to an aromatic ring is 1. The first-order chi connectivity index (χ1) is 16.3. The topological polar surface area (TPSA) is 99.8 Å². The van der Waals surface area contributed by atoms with Crippen LogP contribution in [-0.2, 0) is 23.7 Å². The molecule has 1 saturated carbocycles. The highest BCUT2D eigenvalue weighted by Gasteiger charge is 2.34. The van der Waals surface area contributed by atoms with Crippen molar-refractivity contribution in [3.05, 3.63) is 53.5 Å². The van der Waals surface area contributed by atoms with Gasteiger partial charge >= 0.3 is 12.4 Å². The summed E-state index contributed by atoms with van der Waals surface area (Å²) in [6.45, 7) is 1.08. The van der Waals surface area contributed by atoms with Gasteiger partial charge in [0.05, 0.1) is 5.52 Å². The molecule has 0 saturated heterocycles. The Morgan fingerprint density at radius 3 is 1.89 bits per heavy atom. The van der Waals surface area contributed by atoms with Gasteiger partial charge in [0.1, 0.15) is 12.2 Å². The van der Waals surface area contributed by atoms with Crippen molar-refractivity contribution >= 4 is 22.5 Å². The van der Waals surface area contributed by atoms with Crippen LogP contribution in [-0.4, -0.2) is 20.7 Å². The maximum Gasteiger partial charge on any atom is 0.435 e. The molecule has 2 heterocycles. The molecule has 0 aliphatic heterocycles. The standard InChI is InChI=1S/C10H7F3N2.C7H8F3N3O.C6H12/c11-10(12,13)9-5-7(14)6-3-1-2-4-8(6)15-9;1-4-2-5(7(8,9)10)12-13(4)3-6(11)14;1-2-4-6-5-3-1/h1-5H,(H2,14,15);2H,3H2,1H3,(H2,11,14);1-6H2. The van der Waals surface area contributed by atoms with Crippen LogP contribution in [0.25, 0.3) is 10.9 Å². The maximum absolute atomic E-state index is 12.4. The normalized spacial score (nSPS) is 13.9. The van der Waals surface area contributed by atoms with E-state index in [1.807, 2.05) is 0 Å². The molecule has 0 bridgehead atoms. The van der Waals surface area contributed by atoms with Crippen molar-refractivity contribution in [1.82, 2.24) is 14.8 Å². The van der Waals surface area contributed by atoms with Gasteiger partial charge in [-0.15, -0.1) is 0 Å². The second-order valence-corrected chi connectivity index (χ2v) is 8.03. The van der Waals surface area contributed by atoms with Gasteiger partial charge in [0.25, 0.3) is 0 Å². The number of alkyl halides is 6. The van der Waals surface area contributed by atoms with E-state index in [0.717, 1.165) is 16.8 Å². The number of carbonyl (C=O) groups excluding carboxylic acids is 1. The van der Waals surface area contributed by atoms with Gasteiger partial charge in [-0.1, -0.05) is 56.7 Å². The smallest absolute Gasteiger partial charge is 0.398 e. The number of pyridine rings is 1. The molecule has 0 unspecified atom stereocenters. The molecule has 0 radical (unpaired) electrons. The summed E-state index contributed by atoms with van der Waals surface area (Å²) in [5, 5.41) is 3.74. The first-order valence-electron chi connectivity index (χ1n) is 10.9. The van der Waals surface area contributed by atoms with Crippen LogP contribution in [0.5, 0.6) is 0 Å². The summed E-state index contributed by atoms with van der Waals surface area (Å²) in [6, 6.07) is 8.17. The molecule has 35 heavy (non-hydrogen) atoms. The number of benzene rings is 1. The number of nitrogens with two attached hydrogens (primary N) is 2. The van der Waals surface area contributed by atoms with E-state index in [2.05, 4.69) is 10.1 Å². The predicted octanol–water partition coefficient (Wildman–Crippen LogP) is 5.87. The summed E-state index contributed by atoms with van der Waals surface area (Å²) < 4.78 is 74.4. The predicted molar refractivity (Wildman–Crippen MR) is 120 cm³/mol. The molecule has 4 N–H and O–H groups in total. The minimum absolute atomic E-state index is 0.0907. The summed E-state index contributed by atoms with van der Waals surface area (Å²) in [4.78, 5) is 14.0. The number of para-hydroxylation sites is 1. The van der Waals surface area contributed by atoms with E-state index >= 15 is 0 Å². The molecule has 0 spiro atoms. The molecule has 12 heteroatoms. The SMILES string of the molecule is C1CCCCC1.Cc1cc(C(F)(F)F)nn1CC(N)=O.Nc1cc(C(F)(F)F)nc2ccccc12. The van der Waals surface area contributed by atoms with Gasteiger partial charge < -0.3 is 11.5 Å². The van der Waals surface area contributed by atoms with E-state index < -0.39 is 29.6 Å². The first kappa shape index (κ1) is 27.9. The summed E-state index contributed by atoms with van der Waals surface area (Å²) in [7, 11) is 0.